The fraction of sp³-hybridized carbons (Fsp3) is 0.333. The number of rotatable bonds is 8. The van der Waals surface area contributed by atoms with Crippen LogP contribution in [0.1, 0.15) is 41.8 Å². The number of hydrogen-bond acceptors (Lipinski definition) is 5. The van der Waals surface area contributed by atoms with E-state index in [0.717, 1.165) is 12.0 Å². The average Bonchev–Trinajstić information content (AvgIpc) is 2.65. The lowest BCUT2D eigenvalue weighted by atomic mass is 10.1. The summed E-state index contributed by atoms with van der Waals surface area (Å²) in [6.07, 6.45) is 0.757. The molecule has 0 spiro atoms. The number of carbonyl (C=O) groups excluding carboxylic acids is 2. The van der Waals surface area contributed by atoms with Crippen molar-refractivity contribution in [2.75, 3.05) is 11.3 Å². The zero-order chi connectivity index (χ0) is 21.6. The molecular formula is C21H26N2O5S. The molecule has 2 aromatic rings. The lowest BCUT2D eigenvalue weighted by Crippen LogP contribution is -2.35. The van der Waals surface area contributed by atoms with Crippen LogP contribution < -0.4 is 10.0 Å². The van der Waals surface area contributed by atoms with Gasteiger partial charge in [0.15, 0.2) is 6.61 Å². The minimum Gasteiger partial charge on any atom is -0.452 e. The zero-order valence-corrected chi connectivity index (χ0v) is 17.8. The smallest absolute Gasteiger partial charge is 0.338 e. The van der Waals surface area contributed by atoms with Crippen molar-refractivity contribution in [2.24, 2.45) is 0 Å². The monoisotopic (exact) mass is 418 g/mol. The maximum Gasteiger partial charge on any atom is 0.338 e. The number of esters is 1. The van der Waals surface area contributed by atoms with E-state index in [4.69, 9.17) is 4.74 Å². The van der Waals surface area contributed by atoms with E-state index in [1.54, 1.807) is 25.1 Å². The van der Waals surface area contributed by atoms with Crippen LogP contribution in [0.2, 0.25) is 0 Å². The van der Waals surface area contributed by atoms with E-state index < -0.39 is 28.5 Å². The van der Waals surface area contributed by atoms with E-state index in [1.165, 1.54) is 18.2 Å². The summed E-state index contributed by atoms with van der Waals surface area (Å²) in [7, 11) is -3.89. The van der Waals surface area contributed by atoms with Crippen molar-refractivity contribution in [1.82, 2.24) is 5.32 Å². The van der Waals surface area contributed by atoms with E-state index in [2.05, 4.69) is 10.0 Å². The number of sulfonamides is 1. The SMILES string of the molecule is CC[C@@H](C)NC(=O)COC(=O)c1cc(S(=O)(=O)Nc2cccc(C)c2)ccc1C. The number of ether oxygens (including phenoxy) is 1. The minimum absolute atomic E-state index is 0.0240. The first-order valence-electron chi connectivity index (χ1n) is 9.29. The van der Waals surface area contributed by atoms with Crippen molar-refractivity contribution in [2.45, 2.75) is 45.1 Å². The van der Waals surface area contributed by atoms with Crippen LogP contribution in [0.5, 0.6) is 0 Å². The number of aryl methyl sites for hydroxylation is 2. The highest BCUT2D eigenvalue weighted by molar-refractivity contribution is 7.92. The number of benzene rings is 2. The molecule has 1 atom stereocenters. The van der Waals surface area contributed by atoms with Gasteiger partial charge in [0.1, 0.15) is 0 Å². The van der Waals surface area contributed by atoms with Gasteiger partial charge in [-0.3, -0.25) is 9.52 Å². The molecule has 0 saturated heterocycles. The third-order valence-corrected chi connectivity index (χ3v) is 5.74. The highest BCUT2D eigenvalue weighted by Crippen LogP contribution is 2.20. The molecule has 0 fully saturated rings. The summed E-state index contributed by atoms with van der Waals surface area (Å²) in [5.41, 5.74) is 1.98. The third kappa shape index (κ3) is 6.32. The molecule has 7 nitrogen and oxygen atoms in total. The predicted molar refractivity (Wildman–Crippen MR) is 111 cm³/mol. The van der Waals surface area contributed by atoms with Crippen molar-refractivity contribution >= 4 is 27.6 Å². The van der Waals surface area contributed by atoms with Crippen LogP contribution in [0, 0.1) is 13.8 Å². The fourth-order valence-corrected chi connectivity index (χ4v) is 3.61. The second-order valence-corrected chi connectivity index (χ2v) is 8.59. The standard InChI is InChI=1S/C21H26N2O5S/c1-5-16(4)22-20(24)13-28-21(25)19-12-18(10-9-15(19)3)29(26,27)23-17-8-6-7-14(2)11-17/h6-12,16,23H,5,13H2,1-4H3,(H,22,24)/t16-/m1/s1. The van der Waals surface area contributed by atoms with Gasteiger partial charge in [0.2, 0.25) is 0 Å². The first kappa shape index (κ1) is 22.4. The van der Waals surface area contributed by atoms with E-state index >= 15 is 0 Å². The maximum atomic E-state index is 12.7. The number of hydrogen-bond donors (Lipinski definition) is 2. The van der Waals surface area contributed by atoms with Crippen molar-refractivity contribution in [3.8, 4) is 0 Å². The largest absolute Gasteiger partial charge is 0.452 e. The van der Waals surface area contributed by atoms with E-state index in [-0.39, 0.29) is 16.5 Å². The van der Waals surface area contributed by atoms with Gasteiger partial charge in [-0.2, -0.15) is 0 Å². The Morgan fingerprint density at radius 3 is 2.48 bits per heavy atom. The molecule has 29 heavy (non-hydrogen) atoms. The molecule has 0 aliphatic carbocycles. The number of anilines is 1. The highest BCUT2D eigenvalue weighted by Gasteiger charge is 2.20. The Morgan fingerprint density at radius 1 is 1.10 bits per heavy atom. The van der Waals surface area contributed by atoms with Crippen molar-refractivity contribution < 1.29 is 22.7 Å². The molecule has 0 heterocycles. The first-order chi connectivity index (χ1) is 13.6. The zero-order valence-electron chi connectivity index (χ0n) is 17.0. The van der Waals surface area contributed by atoms with Crippen LogP contribution in [0.15, 0.2) is 47.4 Å². The molecule has 0 aromatic heterocycles. The second kappa shape index (κ2) is 9.56. The van der Waals surface area contributed by atoms with Crippen molar-refractivity contribution in [3.63, 3.8) is 0 Å². The second-order valence-electron chi connectivity index (χ2n) is 6.90. The lowest BCUT2D eigenvalue weighted by Gasteiger charge is -2.13. The van der Waals surface area contributed by atoms with Gasteiger partial charge < -0.3 is 10.1 Å². The Hall–Kier alpha value is -2.87. The molecule has 1 amide bonds. The first-order valence-corrected chi connectivity index (χ1v) is 10.8. The van der Waals surface area contributed by atoms with Gasteiger partial charge in [-0.05, 0) is 62.6 Å². The van der Waals surface area contributed by atoms with Gasteiger partial charge in [0, 0.05) is 11.7 Å². The van der Waals surface area contributed by atoms with Gasteiger partial charge in [-0.15, -0.1) is 0 Å². The summed E-state index contributed by atoms with van der Waals surface area (Å²) >= 11 is 0. The van der Waals surface area contributed by atoms with Crippen LogP contribution in [-0.2, 0) is 19.6 Å². The highest BCUT2D eigenvalue weighted by atomic mass is 32.2. The van der Waals surface area contributed by atoms with Crippen LogP contribution in [0.25, 0.3) is 0 Å². The normalized spacial score (nSPS) is 12.1. The topological polar surface area (TPSA) is 102 Å². The molecule has 0 radical (unpaired) electrons. The summed E-state index contributed by atoms with van der Waals surface area (Å²) in [6.45, 7) is 6.87. The van der Waals surface area contributed by atoms with E-state index in [9.17, 15) is 18.0 Å². The summed E-state index contributed by atoms with van der Waals surface area (Å²) < 4.78 is 32.9. The van der Waals surface area contributed by atoms with Crippen molar-refractivity contribution in [1.29, 1.82) is 0 Å². The molecule has 2 aromatic carbocycles. The Labute approximate surface area is 171 Å². The average molecular weight is 419 g/mol. The molecule has 156 valence electrons. The third-order valence-electron chi connectivity index (χ3n) is 4.36. The predicted octanol–water partition coefficient (Wildman–Crippen LogP) is 3.18. The molecule has 0 saturated carbocycles. The van der Waals surface area contributed by atoms with Gasteiger partial charge in [-0.25, -0.2) is 13.2 Å². The Balaban J connectivity index is 2.16. The summed E-state index contributed by atoms with van der Waals surface area (Å²) in [5.74, 6) is -1.16. The van der Waals surface area contributed by atoms with Crippen LogP contribution in [0.4, 0.5) is 5.69 Å². The van der Waals surface area contributed by atoms with Gasteiger partial charge >= 0.3 is 5.97 Å². The molecule has 8 heteroatoms. The van der Waals surface area contributed by atoms with Crippen molar-refractivity contribution in [3.05, 3.63) is 59.2 Å². The van der Waals surface area contributed by atoms with Crippen LogP contribution in [0.3, 0.4) is 0 Å². The lowest BCUT2D eigenvalue weighted by molar-refractivity contribution is -0.124. The van der Waals surface area contributed by atoms with Crippen LogP contribution >= 0.6 is 0 Å². The molecule has 2 N–H and O–H groups in total. The number of carbonyl (C=O) groups is 2. The number of amides is 1. The van der Waals surface area contributed by atoms with E-state index in [0.29, 0.717) is 11.3 Å². The fourth-order valence-electron chi connectivity index (χ4n) is 2.54. The molecular weight excluding hydrogens is 392 g/mol. The van der Waals surface area contributed by atoms with Gasteiger partial charge in [0.25, 0.3) is 15.9 Å². The minimum atomic E-state index is -3.89. The summed E-state index contributed by atoms with van der Waals surface area (Å²) in [6, 6.07) is 11.1. The van der Waals surface area contributed by atoms with Gasteiger partial charge in [-0.1, -0.05) is 25.1 Å². The molecule has 0 unspecified atom stereocenters. The summed E-state index contributed by atoms with van der Waals surface area (Å²) in [5, 5.41) is 2.70. The Morgan fingerprint density at radius 2 is 1.83 bits per heavy atom. The molecule has 0 aliphatic heterocycles. The molecule has 2 rings (SSSR count). The van der Waals surface area contributed by atoms with Crippen LogP contribution in [-0.4, -0.2) is 32.9 Å². The Bertz CT molecular complexity index is 1000. The molecule has 0 aliphatic rings. The number of nitrogens with one attached hydrogen (secondary N) is 2. The quantitative estimate of drug-likeness (QED) is 0.641. The van der Waals surface area contributed by atoms with E-state index in [1.807, 2.05) is 26.8 Å². The summed E-state index contributed by atoms with van der Waals surface area (Å²) in [4.78, 5) is 24.1. The van der Waals surface area contributed by atoms with Gasteiger partial charge in [0.05, 0.1) is 10.5 Å². The molecule has 0 bridgehead atoms. The maximum absolute atomic E-state index is 12.7. The Kier molecular flexibility index (Phi) is 7.39.